The van der Waals surface area contributed by atoms with E-state index in [2.05, 4.69) is 10.4 Å². The van der Waals surface area contributed by atoms with Gasteiger partial charge in [-0.05, 0) is 35.9 Å². The number of para-hydroxylation sites is 1. The van der Waals surface area contributed by atoms with E-state index < -0.39 is 5.91 Å². The van der Waals surface area contributed by atoms with Crippen molar-refractivity contribution in [3.8, 4) is 5.75 Å². The molecule has 0 bridgehead atoms. The summed E-state index contributed by atoms with van der Waals surface area (Å²) in [6.07, 6.45) is 1.77. The second kappa shape index (κ2) is 9.07. The third kappa shape index (κ3) is 4.84. The van der Waals surface area contributed by atoms with Crippen molar-refractivity contribution < 1.29 is 13.9 Å². The van der Waals surface area contributed by atoms with Gasteiger partial charge in [-0.2, -0.15) is 5.10 Å². The number of amides is 1. The zero-order chi connectivity index (χ0) is 20.9. The molecule has 0 unspecified atom stereocenters. The molecule has 2 aromatic heterocycles. The largest absolute Gasteiger partial charge is 0.484 e. The van der Waals surface area contributed by atoms with E-state index in [0.717, 1.165) is 5.56 Å². The van der Waals surface area contributed by atoms with Crippen molar-refractivity contribution in [2.75, 3.05) is 5.32 Å². The number of rotatable bonds is 7. The van der Waals surface area contributed by atoms with Crippen LogP contribution in [-0.4, -0.2) is 15.7 Å². The van der Waals surface area contributed by atoms with Gasteiger partial charge in [0.25, 0.3) is 5.91 Å². The summed E-state index contributed by atoms with van der Waals surface area (Å²) in [5.41, 5.74) is 0.939. The first kappa shape index (κ1) is 20.1. The molecule has 30 heavy (non-hydrogen) atoms. The van der Waals surface area contributed by atoms with Gasteiger partial charge < -0.3 is 14.5 Å². The highest BCUT2D eigenvalue weighted by atomic mass is 35.5. The number of carbonyl (C=O) groups excluding carboxylic acids is 1. The summed E-state index contributed by atoms with van der Waals surface area (Å²) >= 11 is 12.2. The van der Waals surface area contributed by atoms with E-state index in [1.807, 2.05) is 36.4 Å². The van der Waals surface area contributed by atoms with Crippen molar-refractivity contribution in [1.82, 2.24) is 9.78 Å². The molecule has 1 amide bonds. The number of aromatic nitrogens is 2. The van der Waals surface area contributed by atoms with Crippen molar-refractivity contribution >= 4 is 34.9 Å². The van der Waals surface area contributed by atoms with Gasteiger partial charge in [-0.3, -0.25) is 9.48 Å². The van der Waals surface area contributed by atoms with Crippen LogP contribution in [0.25, 0.3) is 0 Å². The number of nitrogens with one attached hydrogen (secondary N) is 1. The quantitative estimate of drug-likeness (QED) is 0.401. The topological polar surface area (TPSA) is 69.3 Å². The monoisotopic (exact) mass is 441 g/mol. The average Bonchev–Trinajstić information content (AvgIpc) is 3.39. The number of anilines is 1. The van der Waals surface area contributed by atoms with Crippen LogP contribution in [0.3, 0.4) is 0 Å². The molecule has 0 radical (unpaired) electrons. The Morgan fingerprint density at radius 2 is 1.77 bits per heavy atom. The molecule has 2 aromatic carbocycles. The lowest BCUT2D eigenvalue weighted by atomic mass is 10.2. The molecule has 0 fully saturated rings. The van der Waals surface area contributed by atoms with E-state index in [1.165, 1.54) is 0 Å². The number of hydrogen-bond acceptors (Lipinski definition) is 4. The van der Waals surface area contributed by atoms with Gasteiger partial charge in [0.1, 0.15) is 18.1 Å². The second-order valence-electron chi connectivity index (χ2n) is 6.43. The number of benzene rings is 2. The SMILES string of the molecule is O=C(Nc1ccn(Cc2ccccc2Cl)n1)c1ccc(COc2ccccc2Cl)o1. The first-order valence-corrected chi connectivity index (χ1v) is 9.88. The summed E-state index contributed by atoms with van der Waals surface area (Å²) in [4.78, 5) is 12.4. The van der Waals surface area contributed by atoms with E-state index in [4.69, 9.17) is 32.4 Å². The molecule has 0 saturated heterocycles. The number of nitrogens with zero attached hydrogens (tertiary/aromatic N) is 2. The number of ether oxygens (including phenoxy) is 1. The normalized spacial score (nSPS) is 10.7. The maximum absolute atomic E-state index is 12.4. The average molecular weight is 442 g/mol. The van der Waals surface area contributed by atoms with E-state index in [0.29, 0.717) is 33.9 Å². The minimum absolute atomic E-state index is 0.156. The van der Waals surface area contributed by atoms with Crippen molar-refractivity contribution in [3.05, 3.63) is 100 Å². The van der Waals surface area contributed by atoms with Crippen molar-refractivity contribution in [3.63, 3.8) is 0 Å². The van der Waals surface area contributed by atoms with E-state index in [9.17, 15) is 4.79 Å². The number of hydrogen-bond donors (Lipinski definition) is 1. The van der Waals surface area contributed by atoms with Gasteiger partial charge >= 0.3 is 0 Å². The predicted molar refractivity (Wildman–Crippen MR) is 115 cm³/mol. The highest BCUT2D eigenvalue weighted by molar-refractivity contribution is 6.32. The van der Waals surface area contributed by atoms with Crippen LogP contribution in [0.4, 0.5) is 5.82 Å². The maximum atomic E-state index is 12.4. The van der Waals surface area contributed by atoms with E-state index >= 15 is 0 Å². The van der Waals surface area contributed by atoms with Crippen LogP contribution in [-0.2, 0) is 13.2 Å². The smallest absolute Gasteiger partial charge is 0.292 e. The minimum Gasteiger partial charge on any atom is -0.484 e. The Balaban J connectivity index is 1.35. The molecule has 4 aromatic rings. The summed E-state index contributed by atoms with van der Waals surface area (Å²) in [6, 6.07) is 19.7. The van der Waals surface area contributed by atoms with Gasteiger partial charge in [-0.25, -0.2) is 0 Å². The maximum Gasteiger partial charge on any atom is 0.292 e. The van der Waals surface area contributed by atoms with E-state index in [1.54, 1.807) is 41.2 Å². The third-order valence-corrected chi connectivity index (χ3v) is 4.95. The molecule has 1 N–H and O–H groups in total. The van der Waals surface area contributed by atoms with Gasteiger partial charge in [-0.15, -0.1) is 0 Å². The molecular weight excluding hydrogens is 425 g/mol. The molecule has 4 rings (SSSR count). The predicted octanol–water partition coefficient (Wildman–Crippen LogP) is 5.66. The van der Waals surface area contributed by atoms with Gasteiger partial charge in [0, 0.05) is 17.3 Å². The molecule has 0 saturated carbocycles. The van der Waals surface area contributed by atoms with Gasteiger partial charge in [0.15, 0.2) is 11.6 Å². The Kier molecular flexibility index (Phi) is 6.07. The second-order valence-corrected chi connectivity index (χ2v) is 7.24. The van der Waals surface area contributed by atoms with Gasteiger partial charge in [0.2, 0.25) is 0 Å². The highest BCUT2D eigenvalue weighted by Crippen LogP contribution is 2.24. The minimum atomic E-state index is -0.401. The standard InChI is InChI=1S/C22H17Cl2N3O3/c23-17-6-2-1-5-15(17)13-27-12-11-21(26-27)25-22(28)20-10-9-16(30-20)14-29-19-8-4-3-7-18(19)24/h1-12H,13-14H2,(H,25,26,28). The highest BCUT2D eigenvalue weighted by Gasteiger charge is 2.14. The first-order chi connectivity index (χ1) is 14.6. The van der Waals surface area contributed by atoms with Crippen molar-refractivity contribution in [2.24, 2.45) is 0 Å². The number of carbonyl (C=O) groups is 1. The molecule has 0 spiro atoms. The Morgan fingerprint density at radius 1 is 1.00 bits per heavy atom. The Hall–Kier alpha value is -3.22. The lowest BCUT2D eigenvalue weighted by Crippen LogP contribution is -2.12. The zero-order valence-corrected chi connectivity index (χ0v) is 17.2. The molecule has 0 atom stereocenters. The summed E-state index contributed by atoms with van der Waals surface area (Å²) in [5, 5.41) is 8.24. The summed E-state index contributed by atoms with van der Waals surface area (Å²) < 4.78 is 12.9. The molecule has 152 valence electrons. The lowest BCUT2D eigenvalue weighted by molar-refractivity contribution is 0.0992. The summed E-state index contributed by atoms with van der Waals surface area (Å²) in [6.45, 7) is 0.656. The fourth-order valence-electron chi connectivity index (χ4n) is 2.78. The van der Waals surface area contributed by atoms with Crippen molar-refractivity contribution in [2.45, 2.75) is 13.2 Å². The Morgan fingerprint density at radius 3 is 2.57 bits per heavy atom. The van der Waals surface area contributed by atoms with Crippen LogP contribution >= 0.6 is 23.2 Å². The van der Waals surface area contributed by atoms with Crippen molar-refractivity contribution in [1.29, 1.82) is 0 Å². The summed E-state index contributed by atoms with van der Waals surface area (Å²) in [7, 11) is 0. The molecular formula is C22H17Cl2N3O3. The summed E-state index contributed by atoms with van der Waals surface area (Å²) in [5.74, 6) is 1.22. The van der Waals surface area contributed by atoms with Crippen LogP contribution in [0.5, 0.6) is 5.75 Å². The van der Waals surface area contributed by atoms with Crippen LogP contribution < -0.4 is 10.1 Å². The lowest BCUT2D eigenvalue weighted by Gasteiger charge is -2.05. The molecule has 8 heteroatoms. The molecule has 0 aliphatic rings. The first-order valence-electron chi connectivity index (χ1n) is 9.13. The van der Waals surface area contributed by atoms with Gasteiger partial charge in [-0.1, -0.05) is 53.5 Å². The fourth-order valence-corrected chi connectivity index (χ4v) is 3.17. The van der Waals surface area contributed by atoms with Crippen LogP contribution in [0.15, 0.2) is 77.3 Å². The fraction of sp³-hybridized carbons (Fsp3) is 0.0909. The Bertz CT molecular complexity index is 1170. The molecule has 0 aliphatic heterocycles. The van der Waals surface area contributed by atoms with Crippen LogP contribution in [0.2, 0.25) is 10.0 Å². The molecule has 0 aliphatic carbocycles. The van der Waals surface area contributed by atoms with Crippen LogP contribution in [0.1, 0.15) is 21.9 Å². The van der Waals surface area contributed by atoms with E-state index in [-0.39, 0.29) is 12.4 Å². The Labute approximate surface area is 183 Å². The number of furan rings is 1. The molecule has 2 heterocycles. The number of halogens is 2. The zero-order valence-electron chi connectivity index (χ0n) is 15.7. The molecule has 6 nitrogen and oxygen atoms in total. The third-order valence-electron chi connectivity index (χ3n) is 4.26. The van der Waals surface area contributed by atoms with Gasteiger partial charge in [0.05, 0.1) is 11.6 Å². The van der Waals surface area contributed by atoms with Crippen LogP contribution in [0, 0.1) is 0 Å².